The van der Waals surface area contributed by atoms with Crippen LogP contribution >= 0.6 is 15.9 Å². The highest BCUT2D eigenvalue weighted by Crippen LogP contribution is 2.34. The molecular formula is C7H6BrF3O. The predicted molar refractivity (Wildman–Crippen MR) is 42.8 cm³/mol. The molecule has 12 heavy (non-hydrogen) atoms. The van der Waals surface area contributed by atoms with Crippen LogP contribution in [0.2, 0.25) is 0 Å². The summed E-state index contributed by atoms with van der Waals surface area (Å²) >= 11 is 2.81. The molecule has 0 saturated carbocycles. The molecule has 68 valence electrons. The third-order valence-corrected chi connectivity index (χ3v) is 1.87. The van der Waals surface area contributed by atoms with Crippen molar-refractivity contribution in [3.05, 3.63) is 34.3 Å². The molecule has 1 nitrogen and oxygen atoms in total. The average molecular weight is 243 g/mol. The molecule has 0 heterocycles. The van der Waals surface area contributed by atoms with E-state index in [0.717, 1.165) is 6.07 Å². The zero-order valence-electron chi connectivity index (χ0n) is 5.82. The Kier molecular flexibility index (Phi) is 3.73. The molecule has 1 aromatic carbocycles. The van der Waals surface area contributed by atoms with Crippen LogP contribution < -0.4 is 0 Å². The highest BCUT2D eigenvalue weighted by molar-refractivity contribution is 9.10. The molecule has 0 spiro atoms. The Morgan fingerprint density at radius 2 is 1.58 bits per heavy atom. The summed E-state index contributed by atoms with van der Waals surface area (Å²) in [5.41, 5.74) is -0.639. The van der Waals surface area contributed by atoms with E-state index in [1.54, 1.807) is 6.07 Å². The Bertz CT molecular complexity index is 259. The van der Waals surface area contributed by atoms with E-state index in [1.165, 1.54) is 12.1 Å². The Morgan fingerprint density at radius 1 is 1.08 bits per heavy atom. The van der Waals surface area contributed by atoms with Gasteiger partial charge in [0.2, 0.25) is 0 Å². The van der Waals surface area contributed by atoms with Crippen molar-refractivity contribution in [3.8, 4) is 0 Å². The van der Waals surface area contributed by atoms with Crippen LogP contribution in [0.4, 0.5) is 13.2 Å². The van der Waals surface area contributed by atoms with Gasteiger partial charge < -0.3 is 5.48 Å². The first kappa shape index (κ1) is 11.4. The minimum Gasteiger partial charge on any atom is -0.412 e. The second kappa shape index (κ2) is 3.91. The first-order chi connectivity index (χ1) is 5.02. The van der Waals surface area contributed by atoms with Crippen LogP contribution in [0, 0.1) is 0 Å². The van der Waals surface area contributed by atoms with Crippen molar-refractivity contribution < 1.29 is 18.6 Å². The smallest absolute Gasteiger partial charge is 0.412 e. The van der Waals surface area contributed by atoms with Gasteiger partial charge in [-0.15, -0.1) is 0 Å². The van der Waals surface area contributed by atoms with E-state index < -0.39 is 11.7 Å². The zero-order valence-corrected chi connectivity index (χ0v) is 7.41. The van der Waals surface area contributed by atoms with E-state index in [2.05, 4.69) is 15.9 Å². The van der Waals surface area contributed by atoms with E-state index in [1.807, 2.05) is 0 Å². The number of benzene rings is 1. The highest BCUT2D eigenvalue weighted by Gasteiger charge is 2.32. The third kappa shape index (κ3) is 2.49. The average Bonchev–Trinajstić information content (AvgIpc) is 1.86. The van der Waals surface area contributed by atoms with Gasteiger partial charge in [-0.05, 0) is 12.1 Å². The fourth-order valence-corrected chi connectivity index (χ4v) is 1.20. The van der Waals surface area contributed by atoms with Gasteiger partial charge in [-0.2, -0.15) is 13.2 Å². The van der Waals surface area contributed by atoms with Crippen molar-refractivity contribution in [1.29, 1.82) is 0 Å². The predicted octanol–water partition coefficient (Wildman–Crippen LogP) is 2.64. The molecule has 0 aromatic heterocycles. The molecule has 0 aliphatic carbocycles. The lowest BCUT2D eigenvalue weighted by Gasteiger charge is -2.07. The Morgan fingerprint density at radius 3 is 1.92 bits per heavy atom. The molecule has 2 N–H and O–H groups in total. The van der Waals surface area contributed by atoms with Crippen molar-refractivity contribution in [3.63, 3.8) is 0 Å². The van der Waals surface area contributed by atoms with E-state index in [-0.39, 0.29) is 9.95 Å². The maximum absolute atomic E-state index is 12.0. The summed E-state index contributed by atoms with van der Waals surface area (Å²) in [6.45, 7) is 0. The monoisotopic (exact) mass is 242 g/mol. The normalized spacial score (nSPS) is 10.7. The van der Waals surface area contributed by atoms with Crippen molar-refractivity contribution in [2.24, 2.45) is 0 Å². The van der Waals surface area contributed by atoms with Gasteiger partial charge >= 0.3 is 6.18 Å². The SMILES string of the molecule is FC(F)(F)c1ccccc1Br.O. The summed E-state index contributed by atoms with van der Waals surface area (Å²) in [7, 11) is 0. The van der Waals surface area contributed by atoms with E-state index in [9.17, 15) is 13.2 Å². The van der Waals surface area contributed by atoms with Gasteiger partial charge in [-0.1, -0.05) is 28.1 Å². The lowest BCUT2D eigenvalue weighted by atomic mass is 10.2. The molecular weight excluding hydrogens is 237 g/mol. The van der Waals surface area contributed by atoms with Crippen LogP contribution in [-0.4, -0.2) is 5.48 Å². The van der Waals surface area contributed by atoms with Crippen molar-refractivity contribution in [1.82, 2.24) is 0 Å². The molecule has 1 aromatic rings. The van der Waals surface area contributed by atoms with Gasteiger partial charge in [-0.25, -0.2) is 0 Å². The third-order valence-electron chi connectivity index (χ3n) is 1.18. The lowest BCUT2D eigenvalue weighted by molar-refractivity contribution is -0.138. The summed E-state index contributed by atoms with van der Waals surface area (Å²) in [6.07, 6.45) is -4.26. The number of hydrogen-bond donors (Lipinski definition) is 0. The maximum Gasteiger partial charge on any atom is 0.417 e. The van der Waals surface area contributed by atoms with Crippen molar-refractivity contribution >= 4 is 15.9 Å². The van der Waals surface area contributed by atoms with Crippen LogP contribution in [0.3, 0.4) is 0 Å². The molecule has 5 heteroatoms. The molecule has 0 saturated heterocycles. The Hall–Kier alpha value is -0.550. The number of halogens is 4. The molecule has 0 unspecified atom stereocenters. The van der Waals surface area contributed by atoms with Gasteiger partial charge in [-0.3, -0.25) is 0 Å². The molecule has 0 aliphatic heterocycles. The van der Waals surface area contributed by atoms with E-state index >= 15 is 0 Å². The fourth-order valence-electron chi connectivity index (χ4n) is 0.691. The molecule has 0 radical (unpaired) electrons. The molecule has 0 bridgehead atoms. The minimum atomic E-state index is -4.26. The highest BCUT2D eigenvalue weighted by atomic mass is 79.9. The van der Waals surface area contributed by atoms with Crippen LogP contribution in [0.1, 0.15) is 5.56 Å². The summed E-state index contributed by atoms with van der Waals surface area (Å²) in [6, 6.07) is 5.29. The van der Waals surface area contributed by atoms with Crippen molar-refractivity contribution in [2.75, 3.05) is 0 Å². The molecule has 0 aliphatic rings. The lowest BCUT2D eigenvalue weighted by Crippen LogP contribution is -2.05. The number of alkyl halides is 3. The second-order valence-corrected chi connectivity index (χ2v) is 2.83. The summed E-state index contributed by atoms with van der Waals surface area (Å²) in [4.78, 5) is 0. The van der Waals surface area contributed by atoms with Crippen LogP contribution in [-0.2, 0) is 6.18 Å². The van der Waals surface area contributed by atoms with Gasteiger partial charge in [0, 0.05) is 4.47 Å². The number of hydrogen-bond acceptors (Lipinski definition) is 0. The molecule has 0 amide bonds. The quantitative estimate of drug-likeness (QED) is 0.670. The Balaban J connectivity index is 0.00000121. The van der Waals surface area contributed by atoms with Gasteiger partial charge in [0.05, 0.1) is 5.56 Å². The van der Waals surface area contributed by atoms with E-state index in [4.69, 9.17) is 0 Å². The second-order valence-electron chi connectivity index (χ2n) is 1.98. The van der Waals surface area contributed by atoms with Crippen molar-refractivity contribution in [2.45, 2.75) is 6.18 Å². The molecule has 0 atom stereocenters. The summed E-state index contributed by atoms with van der Waals surface area (Å²) < 4.78 is 36.1. The summed E-state index contributed by atoms with van der Waals surface area (Å²) in [5.74, 6) is 0. The summed E-state index contributed by atoms with van der Waals surface area (Å²) in [5, 5.41) is 0. The molecule has 0 fully saturated rings. The standard InChI is InChI=1S/C7H4BrF3.H2O/c8-6-4-2-1-3-5(6)7(9,10)11;/h1-4H;1H2. The van der Waals surface area contributed by atoms with E-state index in [0.29, 0.717) is 0 Å². The van der Waals surface area contributed by atoms with Crippen LogP contribution in [0.15, 0.2) is 28.7 Å². The van der Waals surface area contributed by atoms with Gasteiger partial charge in [0.15, 0.2) is 0 Å². The maximum atomic E-state index is 12.0. The van der Waals surface area contributed by atoms with Crippen LogP contribution in [0.25, 0.3) is 0 Å². The van der Waals surface area contributed by atoms with Gasteiger partial charge in [0.25, 0.3) is 0 Å². The Labute approximate surface area is 75.6 Å². The molecule has 1 rings (SSSR count). The largest absolute Gasteiger partial charge is 0.417 e. The minimum absolute atomic E-state index is 0. The fraction of sp³-hybridized carbons (Fsp3) is 0.143. The first-order valence-electron chi connectivity index (χ1n) is 2.83. The number of rotatable bonds is 0. The first-order valence-corrected chi connectivity index (χ1v) is 3.63. The zero-order chi connectivity index (χ0) is 8.48. The topological polar surface area (TPSA) is 31.5 Å². The van der Waals surface area contributed by atoms with Gasteiger partial charge in [0.1, 0.15) is 0 Å². The van der Waals surface area contributed by atoms with Crippen LogP contribution in [0.5, 0.6) is 0 Å².